The molecule has 0 aromatic heterocycles. The number of rotatable bonds is 2. The van der Waals surface area contributed by atoms with Crippen molar-refractivity contribution in [1.29, 1.82) is 0 Å². The molecule has 1 aromatic rings. The fourth-order valence-corrected chi connectivity index (χ4v) is 2.47. The zero-order chi connectivity index (χ0) is 11.7. The van der Waals surface area contributed by atoms with Crippen LogP contribution in [0.5, 0.6) is 0 Å². The third-order valence-electron chi connectivity index (χ3n) is 2.94. The monoisotopic (exact) mass is 241 g/mol. The average molecular weight is 242 g/mol. The van der Waals surface area contributed by atoms with E-state index in [4.69, 9.17) is 16.7 Å². The molecule has 0 aliphatic heterocycles. The normalized spacial score (nSPS) is 22.9. The quantitative estimate of drug-likeness (QED) is 0.740. The third-order valence-corrected chi connectivity index (χ3v) is 3.30. The van der Waals surface area contributed by atoms with Crippen molar-refractivity contribution in [2.75, 3.05) is 6.61 Å². The Hall–Kier alpha value is -1.26. The van der Waals surface area contributed by atoms with Crippen molar-refractivity contribution < 1.29 is 15.0 Å². The number of carbonyl (C=O) groups is 1. The summed E-state index contributed by atoms with van der Waals surface area (Å²) in [5.74, 6) is -0.133. The highest BCUT2D eigenvalue weighted by molar-refractivity contribution is 6.31. The van der Waals surface area contributed by atoms with Gasteiger partial charge in [0.1, 0.15) is 0 Å². The molecule has 86 valence electrons. The lowest BCUT2D eigenvalue weighted by molar-refractivity contribution is 0.169. The molecule has 0 saturated heterocycles. The Morgan fingerprint density at radius 1 is 1.56 bits per heavy atom. The molecule has 3 N–H and O–H groups in total. The summed E-state index contributed by atoms with van der Waals surface area (Å²) in [6.07, 6.45) is -0.479. The highest BCUT2D eigenvalue weighted by atomic mass is 35.5. The summed E-state index contributed by atoms with van der Waals surface area (Å²) in [5.41, 5.74) is 1.80. The average Bonchev–Trinajstić information content (AvgIpc) is 2.58. The van der Waals surface area contributed by atoms with E-state index in [-0.39, 0.29) is 18.6 Å². The van der Waals surface area contributed by atoms with Gasteiger partial charge in [-0.15, -0.1) is 0 Å². The zero-order valence-corrected chi connectivity index (χ0v) is 9.24. The van der Waals surface area contributed by atoms with Crippen LogP contribution in [0.2, 0.25) is 5.02 Å². The lowest BCUT2D eigenvalue weighted by Crippen LogP contribution is -2.31. The minimum atomic E-state index is -1.09. The van der Waals surface area contributed by atoms with Crippen molar-refractivity contribution in [2.45, 2.75) is 12.5 Å². The topological polar surface area (TPSA) is 69.6 Å². The summed E-state index contributed by atoms with van der Waals surface area (Å²) in [6.45, 7) is -0.0596. The van der Waals surface area contributed by atoms with E-state index in [9.17, 15) is 9.90 Å². The summed E-state index contributed by atoms with van der Waals surface area (Å²) in [4.78, 5) is 10.7. The van der Waals surface area contributed by atoms with Gasteiger partial charge >= 0.3 is 6.09 Å². The fourth-order valence-electron chi connectivity index (χ4n) is 2.21. The van der Waals surface area contributed by atoms with Crippen LogP contribution in [-0.2, 0) is 6.42 Å². The van der Waals surface area contributed by atoms with Crippen LogP contribution in [0, 0.1) is 5.92 Å². The Bertz CT molecular complexity index is 422. The second kappa shape index (κ2) is 4.31. The number of aliphatic hydroxyl groups is 1. The predicted molar refractivity (Wildman–Crippen MR) is 59.6 cm³/mol. The summed E-state index contributed by atoms with van der Waals surface area (Å²) in [5, 5.41) is 21.0. The minimum Gasteiger partial charge on any atom is -0.465 e. The molecule has 5 heteroatoms. The summed E-state index contributed by atoms with van der Waals surface area (Å²) < 4.78 is 0. The van der Waals surface area contributed by atoms with Crippen molar-refractivity contribution in [1.82, 2.24) is 5.32 Å². The number of aliphatic hydroxyl groups excluding tert-OH is 1. The van der Waals surface area contributed by atoms with Crippen molar-refractivity contribution in [3.05, 3.63) is 34.3 Å². The van der Waals surface area contributed by atoms with Crippen LogP contribution >= 0.6 is 11.6 Å². The van der Waals surface area contributed by atoms with Gasteiger partial charge in [-0.3, -0.25) is 0 Å². The molecule has 1 aliphatic rings. The number of amides is 1. The van der Waals surface area contributed by atoms with Crippen LogP contribution in [0.15, 0.2) is 18.2 Å². The number of benzene rings is 1. The van der Waals surface area contributed by atoms with Crippen molar-refractivity contribution in [3.8, 4) is 0 Å². The van der Waals surface area contributed by atoms with E-state index in [1.165, 1.54) is 0 Å². The van der Waals surface area contributed by atoms with Crippen molar-refractivity contribution in [3.63, 3.8) is 0 Å². The molecular weight excluding hydrogens is 230 g/mol. The highest BCUT2D eigenvalue weighted by Gasteiger charge is 2.34. The number of halogens is 1. The van der Waals surface area contributed by atoms with E-state index in [0.29, 0.717) is 11.4 Å². The van der Waals surface area contributed by atoms with Crippen LogP contribution in [0.1, 0.15) is 17.2 Å². The number of fused-ring (bicyclic) bond motifs is 1. The lowest BCUT2D eigenvalue weighted by Gasteiger charge is -2.18. The molecule has 4 nitrogen and oxygen atoms in total. The van der Waals surface area contributed by atoms with Gasteiger partial charge < -0.3 is 15.5 Å². The third kappa shape index (κ3) is 1.86. The SMILES string of the molecule is O=C(O)N[C@H]1c2cccc(Cl)c2C[C@@H]1CO. The Labute approximate surface area is 97.9 Å². The van der Waals surface area contributed by atoms with E-state index in [1.54, 1.807) is 12.1 Å². The van der Waals surface area contributed by atoms with E-state index in [2.05, 4.69) is 5.32 Å². The summed E-state index contributed by atoms with van der Waals surface area (Å²) in [7, 11) is 0. The van der Waals surface area contributed by atoms with Crippen molar-refractivity contribution >= 4 is 17.7 Å². The first-order chi connectivity index (χ1) is 7.63. The van der Waals surface area contributed by atoms with Gasteiger partial charge in [0, 0.05) is 17.5 Å². The molecule has 0 radical (unpaired) electrons. The molecule has 0 spiro atoms. The van der Waals surface area contributed by atoms with Gasteiger partial charge in [-0.05, 0) is 23.6 Å². The number of carboxylic acid groups (broad SMARTS) is 1. The molecule has 1 aliphatic carbocycles. The largest absolute Gasteiger partial charge is 0.465 e. The van der Waals surface area contributed by atoms with E-state index in [0.717, 1.165) is 11.1 Å². The van der Waals surface area contributed by atoms with Gasteiger partial charge in [-0.25, -0.2) is 4.79 Å². The molecule has 2 atom stereocenters. The molecule has 1 aromatic carbocycles. The standard InChI is InChI=1S/C11H12ClNO3/c12-9-3-1-2-7-8(9)4-6(5-14)10(7)13-11(15)16/h1-3,6,10,13-14H,4-5H2,(H,15,16)/t6-,10-/m1/s1. The molecule has 2 rings (SSSR count). The first-order valence-electron chi connectivity index (χ1n) is 5.01. The van der Waals surface area contributed by atoms with Gasteiger partial charge in [-0.1, -0.05) is 23.7 Å². The lowest BCUT2D eigenvalue weighted by atomic mass is 10.0. The Balaban J connectivity index is 2.37. The van der Waals surface area contributed by atoms with Crippen LogP contribution < -0.4 is 5.32 Å². The van der Waals surface area contributed by atoms with E-state index >= 15 is 0 Å². The van der Waals surface area contributed by atoms with Crippen LogP contribution in [0.25, 0.3) is 0 Å². The molecule has 0 unspecified atom stereocenters. The number of nitrogens with one attached hydrogen (secondary N) is 1. The van der Waals surface area contributed by atoms with E-state index in [1.807, 2.05) is 6.07 Å². The number of hydrogen-bond acceptors (Lipinski definition) is 2. The molecule has 16 heavy (non-hydrogen) atoms. The van der Waals surface area contributed by atoms with Gasteiger partial charge in [0.15, 0.2) is 0 Å². The maximum atomic E-state index is 10.7. The molecule has 0 fully saturated rings. The van der Waals surface area contributed by atoms with Crippen LogP contribution in [0.3, 0.4) is 0 Å². The summed E-state index contributed by atoms with van der Waals surface area (Å²) >= 11 is 6.04. The van der Waals surface area contributed by atoms with Crippen LogP contribution in [0.4, 0.5) is 4.79 Å². The highest BCUT2D eigenvalue weighted by Crippen LogP contribution is 2.39. The summed E-state index contributed by atoms with van der Waals surface area (Å²) in [6, 6.07) is 5.04. The van der Waals surface area contributed by atoms with Crippen molar-refractivity contribution in [2.24, 2.45) is 5.92 Å². The maximum Gasteiger partial charge on any atom is 0.405 e. The minimum absolute atomic E-state index is 0.0596. The predicted octanol–water partition coefficient (Wildman–Crippen LogP) is 1.81. The molecule has 1 amide bonds. The second-order valence-electron chi connectivity index (χ2n) is 3.88. The molecule has 0 heterocycles. The van der Waals surface area contributed by atoms with Gasteiger partial charge in [-0.2, -0.15) is 0 Å². The Morgan fingerprint density at radius 2 is 2.31 bits per heavy atom. The van der Waals surface area contributed by atoms with Crippen LogP contribution in [-0.4, -0.2) is 22.9 Å². The Kier molecular flexibility index (Phi) is 3.03. The number of hydrogen-bond donors (Lipinski definition) is 3. The first kappa shape index (κ1) is 11.2. The fraction of sp³-hybridized carbons (Fsp3) is 0.364. The van der Waals surface area contributed by atoms with E-state index < -0.39 is 6.09 Å². The second-order valence-corrected chi connectivity index (χ2v) is 4.29. The van der Waals surface area contributed by atoms with Gasteiger partial charge in [0.25, 0.3) is 0 Å². The molecular formula is C11H12ClNO3. The maximum absolute atomic E-state index is 10.7. The smallest absolute Gasteiger partial charge is 0.405 e. The van der Waals surface area contributed by atoms with Gasteiger partial charge in [0.2, 0.25) is 0 Å². The van der Waals surface area contributed by atoms with Gasteiger partial charge in [0.05, 0.1) is 6.04 Å². The Morgan fingerprint density at radius 3 is 2.94 bits per heavy atom. The first-order valence-corrected chi connectivity index (χ1v) is 5.39. The zero-order valence-electron chi connectivity index (χ0n) is 8.48. The molecule has 0 saturated carbocycles. The molecule has 0 bridgehead atoms.